The number of ether oxygens (including phenoxy) is 1. The van der Waals surface area contributed by atoms with Gasteiger partial charge in [0.25, 0.3) is 0 Å². The summed E-state index contributed by atoms with van der Waals surface area (Å²) in [5.41, 5.74) is 11.6. The molecule has 0 aromatic heterocycles. The van der Waals surface area contributed by atoms with Crippen LogP contribution >= 0.6 is 0 Å². The molecule has 4 heteroatoms. The first-order chi connectivity index (χ1) is 6.19. The van der Waals surface area contributed by atoms with Gasteiger partial charge in [0.1, 0.15) is 0 Å². The maximum atomic E-state index is 13.1. The van der Waals surface area contributed by atoms with Crippen LogP contribution in [0.15, 0.2) is 18.2 Å². The van der Waals surface area contributed by atoms with Crippen molar-refractivity contribution in [2.24, 2.45) is 11.5 Å². The zero-order valence-corrected chi connectivity index (χ0v) is 7.46. The van der Waals surface area contributed by atoms with Gasteiger partial charge in [0.2, 0.25) is 0 Å². The van der Waals surface area contributed by atoms with E-state index in [4.69, 9.17) is 16.2 Å². The molecule has 4 N–H and O–H groups in total. The summed E-state index contributed by atoms with van der Waals surface area (Å²) in [6.07, 6.45) is 0. The molecule has 1 aromatic rings. The van der Waals surface area contributed by atoms with Crippen LogP contribution in [0.2, 0.25) is 0 Å². The first kappa shape index (κ1) is 9.95. The molecule has 0 radical (unpaired) electrons. The number of benzene rings is 1. The van der Waals surface area contributed by atoms with Gasteiger partial charge in [-0.05, 0) is 17.7 Å². The summed E-state index contributed by atoms with van der Waals surface area (Å²) in [7, 11) is 1.42. The third kappa shape index (κ3) is 2.17. The highest BCUT2D eigenvalue weighted by molar-refractivity contribution is 5.30. The Kier molecular flexibility index (Phi) is 3.22. The van der Waals surface area contributed by atoms with Crippen LogP contribution in [0.25, 0.3) is 0 Å². The topological polar surface area (TPSA) is 61.3 Å². The van der Waals surface area contributed by atoms with Crippen LogP contribution in [0.3, 0.4) is 0 Å². The highest BCUT2D eigenvalue weighted by Crippen LogP contribution is 2.20. The van der Waals surface area contributed by atoms with Crippen LogP contribution in [0.1, 0.15) is 11.6 Å². The lowest BCUT2D eigenvalue weighted by molar-refractivity contribution is 0.386. The van der Waals surface area contributed by atoms with E-state index in [2.05, 4.69) is 0 Å². The number of hydrogen-bond acceptors (Lipinski definition) is 3. The fourth-order valence-corrected chi connectivity index (χ4v) is 1.05. The zero-order chi connectivity index (χ0) is 9.84. The van der Waals surface area contributed by atoms with E-state index in [1.807, 2.05) is 0 Å². The molecule has 0 saturated carbocycles. The SMILES string of the molecule is COc1ccc(C(N)CN)cc1F. The summed E-state index contributed by atoms with van der Waals surface area (Å²) in [4.78, 5) is 0. The minimum Gasteiger partial charge on any atom is -0.494 e. The van der Waals surface area contributed by atoms with Crippen LogP contribution in [0.5, 0.6) is 5.75 Å². The first-order valence-electron chi connectivity index (χ1n) is 3.98. The Morgan fingerprint density at radius 3 is 2.69 bits per heavy atom. The van der Waals surface area contributed by atoms with Crippen molar-refractivity contribution in [3.8, 4) is 5.75 Å². The van der Waals surface area contributed by atoms with Gasteiger partial charge in [-0.15, -0.1) is 0 Å². The van der Waals surface area contributed by atoms with E-state index >= 15 is 0 Å². The molecule has 13 heavy (non-hydrogen) atoms. The molecule has 0 aliphatic heterocycles. The molecule has 1 atom stereocenters. The van der Waals surface area contributed by atoms with Crippen molar-refractivity contribution >= 4 is 0 Å². The van der Waals surface area contributed by atoms with E-state index in [1.165, 1.54) is 13.2 Å². The second-order valence-corrected chi connectivity index (χ2v) is 2.74. The Hall–Kier alpha value is -1.13. The molecule has 1 aromatic carbocycles. The first-order valence-corrected chi connectivity index (χ1v) is 3.98. The van der Waals surface area contributed by atoms with Gasteiger partial charge in [0.05, 0.1) is 7.11 Å². The van der Waals surface area contributed by atoms with Crippen LogP contribution in [0.4, 0.5) is 4.39 Å². The van der Waals surface area contributed by atoms with Crippen molar-refractivity contribution in [3.63, 3.8) is 0 Å². The standard InChI is InChI=1S/C9H13FN2O/c1-13-9-3-2-6(4-7(9)10)8(12)5-11/h2-4,8H,5,11-12H2,1H3. The summed E-state index contributed by atoms with van der Waals surface area (Å²) in [6.45, 7) is 0.297. The predicted molar refractivity (Wildman–Crippen MR) is 48.9 cm³/mol. The lowest BCUT2D eigenvalue weighted by Crippen LogP contribution is -2.20. The van der Waals surface area contributed by atoms with Crippen molar-refractivity contribution in [2.75, 3.05) is 13.7 Å². The van der Waals surface area contributed by atoms with Gasteiger partial charge in [0.15, 0.2) is 11.6 Å². The molecule has 0 fully saturated rings. The Bertz CT molecular complexity index is 291. The van der Waals surface area contributed by atoms with Crippen molar-refractivity contribution in [2.45, 2.75) is 6.04 Å². The molecule has 1 rings (SSSR count). The van der Waals surface area contributed by atoms with Crippen LogP contribution in [0, 0.1) is 5.82 Å². The van der Waals surface area contributed by atoms with E-state index in [1.54, 1.807) is 12.1 Å². The zero-order valence-electron chi connectivity index (χ0n) is 7.46. The summed E-state index contributed by atoms with van der Waals surface area (Å²) >= 11 is 0. The van der Waals surface area contributed by atoms with Gasteiger partial charge >= 0.3 is 0 Å². The minimum atomic E-state index is -0.413. The number of halogens is 1. The molecule has 1 unspecified atom stereocenters. The van der Waals surface area contributed by atoms with Gasteiger partial charge in [-0.25, -0.2) is 4.39 Å². The Morgan fingerprint density at radius 1 is 1.54 bits per heavy atom. The van der Waals surface area contributed by atoms with E-state index in [9.17, 15) is 4.39 Å². The van der Waals surface area contributed by atoms with Gasteiger partial charge in [-0.3, -0.25) is 0 Å². The smallest absolute Gasteiger partial charge is 0.165 e. The fraction of sp³-hybridized carbons (Fsp3) is 0.333. The van der Waals surface area contributed by atoms with Gasteiger partial charge in [0, 0.05) is 12.6 Å². The summed E-state index contributed by atoms with van der Waals surface area (Å²) in [5.74, 6) is -0.197. The van der Waals surface area contributed by atoms with Crippen LogP contribution in [-0.4, -0.2) is 13.7 Å². The average molecular weight is 184 g/mol. The molecule has 0 aliphatic carbocycles. The van der Waals surface area contributed by atoms with Gasteiger partial charge in [-0.2, -0.15) is 0 Å². The molecule has 0 bridgehead atoms. The van der Waals surface area contributed by atoms with Crippen molar-refractivity contribution in [1.29, 1.82) is 0 Å². The maximum Gasteiger partial charge on any atom is 0.165 e. The summed E-state index contributed by atoms with van der Waals surface area (Å²) < 4.78 is 17.9. The monoisotopic (exact) mass is 184 g/mol. The average Bonchev–Trinajstić information content (AvgIpc) is 2.16. The largest absolute Gasteiger partial charge is 0.494 e. The number of rotatable bonds is 3. The fourth-order valence-electron chi connectivity index (χ4n) is 1.05. The molecule has 0 spiro atoms. The Labute approximate surface area is 76.5 Å². The van der Waals surface area contributed by atoms with Gasteiger partial charge in [-0.1, -0.05) is 6.07 Å². The van der Waals surface area contributed by atoms with Crippen LogP contribution in [-0.2, 0) is 0 Å². The molecule has 3 nitrogen and oxygen atoms in total. The Morgan fingerprint density at radius 2 is 2.23 bits per heavy atom. The molecule has 0 heterocycles. The second kappa shape index (κ2) is 4.20. The van der Waals surface area contributed by atoms with E-state index < -0.39 is 5.82 Å². The maximum absolute atomic E-state index is 13.1. The summed E-state index contributed by atoms with van der Waals surface area (Å²) in [5, 5.41) is 0. The number of methoxy groups -OCH3 is 1. The molecule has 0 aliphatic rings. The summed E-state index contributed by atoms with van der Waals surface area (Å²) in [6, 6.07) is 4.27. The quantitative estimate of drug-likeness (QED) is 0.730. The molecule has 0 saturated heterocycles. The van der Waals surface area contributed by atoms with Crippen molar-refractivity contribution in [3.05, 3.63) is 29.6 Å². The van der Waals surface area contributed by atoms with E-state index in [0.717, 1.165) is 0 Å². The normalized spacial score (nSPS) is 12.6. The highest BCUT2D eigenvalue weighted by Gasteiger charge is 2.07. The predicted octanol–water partition coefficient (Wildman–Crippen LogP) is 0.793. The van der Waals surface area contributed by atoms with Crippen molar-refractivity contribution < 1.29 is 9.13 Å². The van der Waals surface area contributed by atoms with E-state index in [-0.39, 0.29) is 11.8 Å². The number of hydrogen-bond donors (Lipinski definition) is 2. The van der Waals surface area contributed by atoms with Crippen molar-refractivity contribution in [1.82, 2.24) is 0 Å². The minimum absolute atomic E-state index is 0.216. The highest BCUT2D eigenvalue weighted by atomic mass is 19.1. The van der Waals surface area contributed by atoms with Crippen LogP contribution < -0.4 is 16.2 Å². The lowest BCUT2D eigenvalue weighted by Gasteiger charge is -2.10. The van der Waals surface area contributed by atoms with E-state index in [0.29, 0.717) is 12.1 Å². The third-order valence-corrected chi connectivity index (χ3v) is 1.86. The molecular weight excluding hydrogens is 171 g/mol. The molecular formula is C9H13FN2O. The number of nitrogens with two attached hydrogens (primary N) is 2. The second-order valence-electron chi connectivity index (χ2n) is 2.74. The van der Waals surface area contributed by atoms with Gasteiger partial charge < -0.3 is 16.2 Å². The molecule has 72 valence electrons. The molecule has 0 amide bonds. The Balaban J connectivity index is 2.95. The lowest BCUT2D eigenvalue weighted by atomic mass is 10.1. The third-order valence-electron chi connectivity index (χ3n) is 1.86.